The van der Waals surface area contributed by atoms with Gasteiger partial charge in [0.2, 0.25) is 5.89 Å². The summed E-state index contributed by atoms with van der Waals surface area (Å²) < 4.78 is 5.58. The Morgan fingerprint density at radius 3 is 2.65 bits per heavy atom. The van der Waals surface area contributed by atoms with Gasteiger partial charge in [-0.25, -0.2) is 0 Å². The fourth-order valence-electron chi connectivity index (χ4n) is 2.94. The summed E-state index contributed by atoms with van der Waals surface area (Å²) >= 11 is 0. The number of hydrogen-bond acceptors (Lipinski definition) is 4. The standard InChI is InChI=1S/C16H21N3O/c1-2-16(8-10-17-11-9-16)15-18-14(19-20-15)12-13-6-4-3-5-7-13/h3-7,17H,2,8-12H2,1H3. The molecule has 0 unspecified atom stereocenters. The van der Waals surface area contributed by atoms with E-state index in [0.717, 1.165) is 50.5 Å². The molecule has 1 N–H and O–H groups in total. The molecule has 1 aromatic carbocycles. The number of rotatable bonds is 4. The molecule has 106 valence electrons. The van der Waals surface area contributed by atoms with Crippen LogP contribution in [0.15, 0.2) is 34.9 Å². The Bertz CT molecular complexity index is 544. The van der Waals surface area contributed by atoms with Crippen LogP contribution < -0.4 is 5.32 Å². The average Bonchev–Trinajstić information content (AvgIpc) is 2.98. The molecular formula is C16H21N3O. The number of hydrogen-bond donors (Lipinski definition) is 1. The van der Waals surface area contributed by atoms with Crippen molar-refractivity contribution in [2.45, 2.75) is 38.0 Å². The molecule has 2 heterocycles. The summed E-state index contributed by atoms with van der Waals surface area (Å²) in [6, 6.07) is 10.3. The molecule has 3 rings (SSSR count). The molecule has 0 atom stereocenters. The predicted molar refractivity (Wildman–Crippen MR) is 77.6 cm³/mol. The Kier molecular flexibility index (Phi) is 3.83. The Hall–Kier alpha value is -1.68. The van der Waals surface area contributed by atoms with Gasteiger partial charge in [0.15, 0.2) is 5.82 Å². The Labute approximate surface area is 119 Å². The fourth-order valence-corrected chi connectivity index (χ4v) is 2.94. The van der Waals surface area contributed by atoms with E-state index in [1.165, 1.54) is 5.56 Å². The van der Waals surface area contributed by atoms with Gasteiger partial charge in [-0.2, -0.15) is 4.98 Å². The minimum Gasteiger partial charge on any atom is -0.339 e. The third kappa shape index (κ3) is 2.61. The Morgan fingerprint density at radius 2 is 1.95 bits per heavy atom. The number of aromatic nitrogens is 2. The summed E-state index contributed by atoms with van der Waals surface area (Å²) in [6.07, 6.45) is 3.96. The highest BCUT2D eigenvalue weighted by molar-refractivity contribution is 5.19. The molecule has 0 amide bonds. The third-order valence-electron chi connectivity index (χ3n) is 4.36. The zero-order valence-corrected chi connectivity index (χ0v) is 11.9. The second-order valence-electron chi connectivity index (χ2n) is 5.56. The van der Waals surface area contributed by atoms with E-state index in [1.807, 2.05) is 18.2 Å². The van der Waals surface area contributed by atoms with E-state index < -0.39 is 0 Å². The van der Waals surface area contributed by atoms with Crippen LogP contribution in [0.25, 0.3) is 0 Å². The summed E-state index contributed by atoms with van der Waals surface area (Å²) in [5.41, 5.74) is 1.29. The van der Waals surface area contributed by atoms with E-state index in [9.17, 15) is 0 Å². The molecule has 2 aromatic rings. The molecule has 1 fully saturated rings. The van der Waals surface area contributed by atoms with Crippen molar-refractivity contribution in [1.29, 1.82) is 0 Å². The van der Waals surface area contributed by atoms with E-state index >= 15 is 0 Å². The molecule has 4 heteroatoms. The Balaban J connectivity index is 1.79. The van der Waals surface area contributed by atoms with Gasteiger partial charge < -0.3 is 9.84 Å². The van der Waals surface area contributed by atoms with Crippen LogP contribution in [0.5, 0.6) is 0 Å². The van der Waals surface area contributed by atoms with Crippen LogP contribution in [0.1, 0.15) is 43.5 Å². The van der Waals surface area contributed by atoms with Crippen molar-refractivity contribution in [1.82, 2.24) is 15.5 Å². The lowest BCUT2D eigenvalue weighted by Crippen LogP contribution is -2.39. The monoisotopic (exact) mass is 271 g/mol. The first-order valence-corrected chi connectivity index (χ1v) is 7.40. The molecule has 0 aliphatic carbocycles. The van der Waals surface area contributed by atoms with Crippen LogP contribution in [-0.2, 0) is 11.8 Å². The SMILES string of the molecule is CCC1(c2nc(Cc3ccccc3)no2)CCNCC1. The zero-order valence-electron chi connectivity index (χ0n) is 11.9. The second kappa shape index (κ2) is 5.75. The van der Waals surface area contributed by atoms with Gasteiger partial charge in [0.05, 0.1) is 5.41 Å². The van der Waals surface area contributed by atoms with Gasteiger partial charge in [-0.05, 0) is 37.9 Å². The lowest BCUT2D eigenvalue weighted by atomic mass is 9.76. The first kappa shape index (κ1) is 13.3. The third-order valence-corrected chi connectivity index (χ3v) is 4.36. The Morgan fingerprint density at radius 1 is 1.20 bits per heavy atom. The zero-order chi connectivity index (χ0) is 13.8. The summed E-state index contributed by atoms with van der Waals surface area (Å²) in [6.45, 7) is 4.28. The van der Waals surface area contributed by atoms with Gasteiger partial charge in [-0.3, -0.25) is 0 Å². The van der Waals surface area contributed by atoms with Crippen LogP contribution in [0, 0.1) is 0 Å². The molecule has 4 nitrogen and oxygen atoms in total. The van der Waals surface area contributed by atoms with Crippen molar-refractivity contribution in [3.63, 3.8) is 0 Å². The van der Waals surface area contributed by atoms with Crippen molar-refractivity contribution in [2.24, 2.45) is 0 Å². The highest BCUT2D eigenvalue weighted by Crippen LogP contribution is 2.35. The summed E-state index contributed by atoms with van der Waals surface area (Å²) in [5.74, 6) is 1.62. The van der Waals surface area contributed by atoms with E-state index in [4.69, 9.17) is 4.52 Å². The highest BCUT2D eigenvalue weighted by Gasteiger charge is 2.37. The molecular weight excluding hydrogens is 250 g/mol. The van der Waals surface area contributed by atoms with Gasteiger partial charge in [0.25, 0.3) is 0 Å². The summed E-state index contributed by atoms with van der Waals surface area (Å²) in [4.78, 5) is 4.67. The van der Waals surface area contributed by atoms with Crippen LogP contribution in [0.2, 0.25) is 0 Å². The van der Waals surface area contributed by atoms with Crippen LogP contribution in [0.4, 0.5) is 0 Å². The topological polar surface area (TPSA) is 51.0 Å². The second-order valence-corrected chi connectivity index (χ2v) is 5.56. The molecule has 1 aliphatic heterocycles. The van der Waals surface area contributed by atoms with Crippen molar-refractivity contribution >= 4 is 0 Å². The predicted octanol–water partition coefficient (Wildman–Crippen LogP) is 2.69. The van der Waals surface area contributed by atoms with Gasteiger partial charge in [0.1, 0.15) is 0 Å². The quantitative estimate of drug-likeness (QED) is 0.929. The van der Waals surface area contributed by atoms with Crippen molar-refractivity contribution in [3.8, 4) is 0 Å². The van der Waals surface area contributed by atoms with E-state index in [2.05, 4.69) is 34.5 Å². The van der Waals surface area contributed by atoms with Crippen LogP contribution >= 0.6 is 0 Å². The molecule has 1 aromatic heterocycles. The molecule has 1 aliphatic rings. The van der Waals surface area contributed by atoms with Gasteiger partial charge in [-0.1, -0.05) is 42.4 Å². The minimum absolute atomic E-state index is 0.0766. The van der Waals surface area contributed by atoms with Crippen LogP contribution in [-0.4, -0.2) is 23.2 Å². The highest BCUT2D eigenvalue weighted by atomic mass is 16.5. The van der Waals surface area contributed by atoms with Gasteiger partial charge in [0, 0.05) is 6.42 Å². The number of piperidine rings is 1. The lowest BCUT2D eigenvalue weighted by molar-refractivity contribution is 0.216. The van der Waals surface area contributed by atoms with Gasteiger partial charge >= 0.3 is 0 Å². The minimum atomic E-state index is 0.0766. The molecule has 0 radical (unpaired) electrons. The normalized spacial score (nSPS) is 18.1. The van der Waals surface area contributed by atoms with Crippen molar-refractivity contribution in [2.75, 3.05) is 13.1 Å². The first-order valence-electron chi connectivity index (χ1n) is 7.40. The molecule has 20 heavy (non-hydrogen) atoms. The smallest absolute Gasteiger partial charge is 0.232 e. The maximum absolute atomic E-state index is 5.58. The summed E-state index contributed by atoms with van der Waals surface area (Å²) in [5, 5.41) is 7.57. The molecule has 0 spiro atoms. The molecule has 0 saturated carbocycles. The van der Waals surface area contributed by atoms with Crippen molar-refractivity contribution < 1.29 is 4.52 Å². The van der Waals surface area contributed by atoms with Crippen LogP contribution in [0.3, 0.4) is 0 Å². The first-order chi connectivity index (χ1) is 9.82. The number of nitrogens with one attached hydrogen (secondary N) is 1. The summed E-state index contributed by atoms with van der Waals surface area (Å²) in [7, 11) is 0. The lowest BCUT2D eigenvalue weighted by Gasteiger charge is -2.33. The van der Waals surface area contributed by atoms with E-state index in [0.29, 0.717) is 0 Å². The van der Waals surface area contributed by atoms with Crippen molar-refractivity contribution in [3.05, 3.63) is 47.6 Å². The number of nitrogens with zero attached hydrogens (tertiary/aromatic N) is 2. The van der Waals surface area contributed by atoms with E-state index in [1.54, 1.807) is 0 Å². The van der Waals surface area contributed by atoms with Gasteiger partial charge in [-0.15, -0.1) is 0 Å². The average molecular weight is 271 g/mol. The largest absolute Gasteiger partial charge is 0.339 e. The maximum atomic E-state index is 5.58. The van der Waals surface area contributed by atoms with E-state index in [-0.39, 0.29) is 5.41 Å². The maximum Gasteiger partial charge on any atom is 0.232 e. The fraction of sp³-hybridized carbons (Fsp3) is 0.500. The molecule has 1 saturated heterocycles. The molecule has 0 bridgehead atoms. The number of benzene rings is 1.